The molecule has 1 fully saturated rings. The first-order valence-electron chi connectivity index (χ1n) is 9.75. The summed E-state index contributed by atoms with van der Waals surface area (Å²) in [7, 11) is -3.76. The summed E-state index contributed by atoms with van der Waals surface area (Å²) in [5.74, 6) is -0.359. The highest BCUT2D eigenvalue weighted by Crippen LogP contribution is 2.20. The summed E-state index contributed by atoms with van der Waals surface area (Å²) >= 11 is 0. The summed E-state index contributed by atoms with van der Waals surface area (Å²) in [6, 6.07) is 14.8. The van der Waals surface area contributed by atoms with Crippen molar-refractivity contribution in [1.82, 2.24) is 14.5 Å². The quantitative estimate of drug-likeness (QED) is 0.783. The first-order chi connectivity index (χ1) is 13.9. The average Bonchev–Trinajstić information content (AvgIpc) is 2.75. The summed E-state index contributed by atoms with van der Waals surface area (Å²) in [6.07, 6.45) is 0.907. The second kappa shape index (κ2) is 9.37. The fourth-order valence-electron chi connectivity index (χ4n) is 3.45. The first-order valence-corrected chi connectivity index (χ1v) is 11.2. The van der Waals surface area contributed by atoms with Crippen LogP contribution in [0, 0.1) is 5.82 Å². The van der Waals surface area contributed by atoms with Crippen molar-refractivity contribution in [2.24, 2.45) is 0 Å². The van der Waals surface area contributed by atoms with Gasteiger partial charge in [0.15, 0.2) is 0 Å². The van der Waals surface area contributed by atoms with Gasteiger partial charge in [0, 0.05) is 38.6 Å². The van der Waals surface area contributed by atoms with Crippen LogP contribution in [0.4, 0.5) is 9.18 Å². The number of nitrogens with zero attached hydrogens (tertiary/aromatic N) is 2. The van der Waals surface area contributed by atoms with Gasteiger partial charge in [-0.2, -0.15) is 4.31 Å². The Morgan fingerprint density at radius 1 is 1.07 bits per heavy atom. The normalized spacial score (nSPS) is 16.4. The van der Waals surface area contributed by atoms with Gasteiger partial charge in [-0.05, 0) is 30.2 Å². The molecule has 1 aliphatic rings. The van der Waals surface area contributed by atoms with E-state index in [2.05, 4.69) is 24.4 Å². The number of piperazine rings is 1. The molecule has 0 unspecified atom stereocenters. The lowest BCUT2D eigenvalue weighted by Crippen LogP contribution is -2.53. The van der Waals surface area contributed by atoms with Crippen LogP contribution < -0.4 is 5.32 Å². The largest absolute Gasteiger partial charge is 0.337 e. The zero-order valence-electron chi connectivity index (χ0n) is 16.4. The van der Waals surface area contributed by atoms with Crippen LogP contribution in [0.3, 0.4) is 0 Å². The number of rotatable bonds is 6. The van der Waals surface area contributed by atoms with Crippen LogP contribution in [0.15, 0.2) is 59.5 Å². The van der Waals surface area contributed by atoms with Crippen LogP contribution in [-0.2, 0) is 10.0 Å². The third kappa shape index (κ3) is 5.13. The molecule has 2 amide bonds. The monoisotopic (exact) mass is 419 g/mol. The van der Waals surface area contributed by atoms with Gasteiger partial charge in [0.05, 0.1) is 4.90 Å². The fourth-order valence-corrected chi connectivity index (χ4v) is 4.91. The van der Waals surface area contributed by atoms with E-state index in [4.69, 9.17) is 0 Å². The summed E-state index contributed by atoms with van der Waals surface area (Å²) in [5, 5.41) is 2.96. The van der Waals surface area contributed by atoms with E-state index >= 15 is 0 Å². The van der Waals surface area contributed by atoms with E-state index in [9.17, 15) is 17.6 Å². The molecule has 0 bridgehead atoms. The third-order valence-corrected chi connectivity index (χ3v) is 7.12. The molecule has 6 nitrogen and oxygen atoms in total. The number of halogens is 1. The zero-order valence-corrected chi connectivity index (χ0v) is 17.2. The second-order valence-electron chi connectivity index (χ2n) is 7.05. The lowest BCUT2D eigenvalue weighted by atomic mass is 9.97. The van der Waals surface area contributed by atoms with Crippen LogP contribution in [0.5, 0.6) is 0 Å². The predicted octanol–water partition coefficient (Wildman–Crippen LogP) is 3.04. The number of hydrogen-bond acceptors (Lipinski definition) is 3. The van der Waals surface area contributed by atoms with Crippen molar-refractivity contribution in [2.75, 3.05) is 32.7 Å². The lowest BCUT2D eigenvalue weighted by molar-refractivity contribution is 0.171. The molecule has 29 heavy (non-hydrogen) atoms. The van der Waals surface area contributed by atoms with Gasteiger partial charge in [-0.1, -0.05) is 43.3 Å². The number of sulfonamides is 1. The molecule has 0 spiro atoms. The Kier molecular flexibility index (Phi) is 6.87. The molecule has 1 atom stereocenters. The maximum Gasteiger partial charge on any atom is 0.317 e. The van der Waals surface area contributed by atoms with E-state index in [-0.39, 0.29) is 29.9 Å². The molecule has 3 rings (SSSR count). The Balaban J connectivity index is 1.54. The topological polar surface area (TPSA) is 69.7 Å². The van der Waals surface area contributed by atoms with Crippen molar-refractivity contribution in [3.63, 3.8) is 0 Å². The molecule has 0 saturated carbocycles. The van der Waals surface area contributed by atoms with E-state index in [0.29, 0.717) is 19.6 Å². The highest BCUT2D eigenvalue weighted by Gasteiger charge is 2.30. The molecule has 1 saturated heterocycles. The number of urea groups is 1. The molecular formula is C21H26FN3O3S. The van der Waals surface area contributed by atoms with E-state index in [0.717, 1.165) is 12.5 Å². The van der Waals surface area contributed by atoms with E-state index in [1.807, 2.05) is 18.2 Å². The molecular weight excluding hydrogens is 393 g/mol. The van der Waals surface area contributed by atoms with Gasteiger partial charge < -0.3 is 10.2 Å². The van der Waals surface area contributed by atoms with Crippen LogP contribution in [0.2, 0.25) is 0 Å². The fraction of sp³-hybridized carbons (Fsp3) is 0.381. The maximum absolute atomic E-state index is 13.4. The van der Waals surface area contributed by atoms with Gasteiger partial charge in [-0.25, -0.2) is 17.6 Å². The number of hydrogen-bond donors (Lipinski definition) is 1. The van der Waals surface area contributed by atoms with Crippen molar-refractivity contribution >= 4 is 16.1 Å². The molecule has 2 aromatic rings. The van der Waals surface area contributed by atoms with Gasteiger partial charge in [-0.15, -0.1) is 0 Å². The lowest BCUT2D eigenvalue weighted by Gasteiger charge is -2.34. The van der Waals surface area contributed by atoms with Crippen molar-refractivity contribution in [3.8, 4) is 0 Å². The van der Waals surface area contributed by atoms with Crippen LogP contribution >= 0.6 is 0 Å². The van der Waals surface area contributed by atoms with Crippen LogP contribution in [0.1, 0.15) is 24.8 Å². The SMILES string of the molecule is CC[C@@H](CNC(=O)N1CCN(S(=O)(=O)c2cccc(F)c2)CC1)c1ccccc1. The second-order valence-corrected chi connectivity index (χ2v) is 8.99. The van der Waals surface area contributed by atoms with E-state index in [1.54, 1.807) is 4.90 Å². The Labute approximate surface area is 171 Å². The van der Waals surface area contributed by atoms with Crippen molar-refractivity contribution < 1.29 is 17.6 Å². The molecule has 0 aromatic heterocycles. The van der Waals surface area contributed by atoms with Gasteiger partial charge >= 0.3 is 6.03 Å². The summed E-state index contributed by atoms with van der Waals surface area (Å²) in [4.78, 5) is 14.1. The number of amides is 2. The smallest absolute Gasteiger partial charge is 0.317 e. The Morgan fingerprint density at radius 2 is 1.76 bits per heavy atom. The molecule has 1 N–H and O–H groups in total. The molecule has 0 aliphatic carbocycles. The van der Waals surface area contributed by atoms with Crippen LogP contribution in [0.25, 0.3) is 0 Å². The highest BCUT2D eigenvalue weighted by molar-refractivity contribution is 7.89. The average molecular weight is 420 g/mol. The minimum Gasteiger partial charge on any atom is -0.337 e. The molecule has 1 aliphatic heterocycles. The number of benzene rings is 2. The first kappa shape index (κ1) is 21.3. The molecule has 0 radical (unpaired) electrons. The number of nitrogens with one attached hydrogen (secondary N) is 1. The molecule has 8 heteroatoms. The van der Waals surface area contributed by atoms with Gasteiger partial charge in [-0.3, -0.25) is 0 Å². The van der Waals surface area contributed by atoms with Crippen molar-refractivity contribution in [3.05, 3.63) is 66.0 Å². The third-order valence-electron chi connectivity index (χ3n) is 5.22. The van der Waals surface area contributed by atoms with Gasteiger partial charge in [0.2, 0.25) is 10.0 Å². The number of carbonyl (C=O) groups is 1. The minimum atomic E-state index is -3.76. The van der Waals surface area contributed by atoms with E-state index in [1.165, 1.54) is 28.1 Å². The van der Waals surface area contributed by atoms with Gasteiger partial charge in [0.25, 0.3) is 0 Å². The Morgan fingerprint density at radius 3 is 2.38 bits per heavy atom. The van der Waals surface area contributed by atoms with Gasteiger partial charge in [0.1, 0.15) is 5.82 Å². The Hall–Kier alpha value is -2.45. The molecule has 2 aromatic carbocycles. The summed E-state index contributed by atoms with van der Waals surface area (Å²) in [6.45, 7) is 3.57. The number of carbonyl (C=O) groups excluding carboxylic acids is 1. The molecule has 1 heterocycles. The zero-order chi connectivity index (χ0) is 20.9. The summed E-state index contributed by atoms with van der Waals surface area (Å²) < 4.78 is 40.0. The highest BCUT2D eigenvalue weighted by atomic mass is 32.2. The predicted molar refractivity (Wildman–Crippen MR) is 110 cm³/mol. The van der Waals surface area contributed by atoms with Crippen LogP contribution in [-0.4, -0.2) is 56.4 Å². The maximum atomic E-state index is 13.4. The summed E-state index contributed by atoms with van der Waals surface area (Å²) in [5.41, 5.74) is 1.18. The minimum absolute atomic E-state index is 0.0657. The van der Waals surface area contributed by atoms with Crippen molar-refractivity contribution in [2.45, 2.75) is 24.2 Å². The Bertz CT molecular complexity index is 929. The standard InChI is InChI=1S/C21H26FN3O3S/c1-2-17(18-7-4-3-5-8-18)16-23-21(26)24-11-13-25(14-12-24)29(27,28)20-10-6-9-19(22)15-20/h3-10,15,17H,2,11-14,16H2,1H3,(H,23,26)/t17-/m0/s1. The van der Waals surface area contributed by atoms with E-state index < -0.39 is 15.8 Å². The molecule has 156 valence electrons. The van der Waals surface area contributed by atoms with Crippen molar-refractivity contribution in [1.29, 1.82) is 0 Å².